The molecule has 0 saturated carbocycles. The fourth-order valence-corrected chi connectivity index (χ4v) is 3.48. The third-order valence-corrected chi connectivity index (χ3v) is 4.50. The molecule has 0 amide bonds. The van der Waals surface area contributed by atoms with E-state index < -0.39 is 5.97 Å². The number of benzene rings is 2. The molecular weight excluding hydrogens is 335 g/mol. The third-order valence-electron chi connectivity index (χ3n) is 3.96. The zero-order valence-corrected chi connectivity index (χ0v) is 13.3. The van der Waals surface area contributed by atoms with Gasteiger partial charge in [0.25, 0.3) is 0 Å². The van der Waals surface area contributed by atoms with Crippen LogP contribution in [0, 0.1) is 0 Å². The molecule has 1 heterocycles. The van der Waals surface area contributed by atoms with Gasteiger partial charge in [0.05, 0.1) is 16.4 Å². The van der Waals surface area contributed by atoms with Crippen molar-refractivity contribution in [2.24, 2.45) is 0 Å². The maximum atomic E-state index is 11.6. The normalized spacial score (nSPS) is 12.1. The van der Waals surface area contributed by atoms with Crippen LogP contribution in [0.4, 0.5) is 0 Å². The molecule has 1 aliphatic rings. The molecule has 0 spiro atoms. The zero-order valence-electron chi connectivity index (χ0n) is 11.8. The van der Waals surface area contributed by atoms with Gasteiger partial charge in [-0.25, -0.2) is 9.48 Å². The van der Waals surface area contributed by atoms with Crippen LogP contribution in [0.5, 0.6) is 0 Å². The Bertz CT molecular complexity index is 963. The number of aromatic carboxylic acids is 1. The number of aromatic nitrogens is 2. The summed E-state index contributed by atoms with van der Waals surface area (Å²) in [5.74, 6) is -1.04. The molecule has 4 nitrogen and oxygen atoms in total. The van der Waals surface area contributed by atoms with Gasteiger partial charge in [-0.1, -0.05) is 47.5 Å². The van der Waals surface area contributed by atoms with Gasteiger partial charge in [-0.2, -0.15) is 5.10 Å². The lowest BCUT2D eigenvalue weighted by molar-refractivity contribution is 0.0689. The first-order valence-electron chi connectivity index (χ1n) is 6.95. The van der Waals surface area contributed by atoms with Crippen LogP contribution >= 0.6 is 23.2 Å². The summed E-state index contributed by atoms with van der Waals surface area (Å²) in [6.07, 6.45) is 0.554. The highest BCUT2D eigenvalue weighted by Gasteiger charge is 2.31. The number of halogens is 2. The molecule has 1 aromatic heterocycles. The summed E-state index contributed by atoms with van der Waals surface area (Å²) in [5, 5.41) is 14.7. The Balaban J connectivity index is 2.03. The molecule has 4 rings (SSSR count). The van der Waals surface area contributed by atoms with Gasteiger partial charge < -0.3 is 5.11 Å². The fraction of sp³-hybridized carbons (Fsp3) is 0.0588. The lowest BCUT2D eigenvalue weighted by Crippen LogP contribution is -2.04. The third kappa shape index (κ3) is 2.14. The molecular formula is C17H10Cl2N2O2. The van der Waals surface area contributed by atoms with Crippen molar-refractivity contribution in [3.05, 3.63) is 69.3 Å². The number of nitrogens with zero attached hydrogens (tertiary/aromatic N) is 2. The average molecular weight is 345 g/mol. The first-order valence-corrected chi connectivity index (χ1v) is 7.70. The lowest BCUT2D eigenvalue weighted by atomic mass is 10.1. The van der Waals surface area contributed by atoms with Crippen molar-refractivity contribution in [1.82, 2.24) is 9.78 Å². The molecule has 0 atom stereocenters. The molecule has 0 bridgehead atoms. The van der Waals surface area contributed by atoms with Gasteiger partial charge in [0.1, 0.15) is 0 Å². The summed E-state index contributed by atoms with van der Waals surface area (Å²) in [6, 6.07) is 12.9. The van der Waals surface area contributed by atoms with Crippen molar-refractivity contribution in [3.63, 3.8) is 0 Å². The van der Waals surface area contributed by atoms with E-state index in [0.29, 0.717) is 27.7 Å². The highest BCUT2D eigenvalue weighted by atomic mass is 35.5. The van der Waals surface area contributed by atoms with Gasteiger partial charge in [0, 0.05) is 22.6 Å². The van der Waals surface area contributed by atoms with E-state index in [9.17, 15) is 9.90 Å². The summed E-state index contributed by atoms with van der Waals surface area (Å²) >= 11 is 12.2. The van der Waals surface area contributed by atoms with Crippen LogP contribution in [0.15, 0.2) is 42.5 Å². The smallest absolute Gasteiger partial charge is 0.356 e. The highest BCUT2D eigenvalue weighted by molar-refractivity contribution is 6.35. The van der Waals surface area contributed by atoms with Crippen molar-refractivity contribution < 1.29 is 9.90 Å². The van der Waals surface area contributed by atoms with E-state index in [1.165, 1.54) is 0 Å². The Morgan fingerprint density at radius 3 is 2.70 bits per heavy atom. The van der Waals surface area contributed by atoms with Crippen LogP contribution < -0.4 is 0 Å². The lowest BCUT2D eigenvalue weighted by Gasteiger charge is -2.09. The maximum absolute atomic E-state index is 11.6. The van der Waals surface area contributed by atoms with Crippen molar-refractivity contribution in [2.45, 2.75) is 6.42 Å². The maximum Gasteiger partial charge on any atom is 0.356 e. The number of carboxylic acids is 1. The van der Waals surface area contributed by atoms with Crippen molar-refractivity contribution >= 4 is 29.2 Å². The average Bonchev–Trinajstić information content (AvgIpc) is 3.04. The predicted molar refractivity (Wildman–Crippen MR) is 88.8 cm³/mol. The molecule has 0 fully saturated rings. The molecule has 114 valence electrons. The van der Waals surface area contributed by atoms with Gasteiger partial charge in [0.15, 0.2) is 5.69 Å². The summed E-state index contributed by atoms with van der Waals surface area (Å²) in [7, 11) is 0. The van der Waals surface area contributed by atoms with Gasteiger partial charge >= 0.3 is 5.97 Å². The summed E-state index contributed by atoms with van der Waals surface area (Å²) < 4.78 is 1.60. The number of fused-ring (bicyclic) bond motifs is 3. The zero-order chi connectivity index (χ0) is 16.1. The largest absolute Gasteiger partial charge is 0.476 e. The Kier molecular flexibility index (Phi) is 3.18. The van der Waals surface area contributed by atoms with E-state index >= 15 is 0 Å². The van der Waals surface area contributed by atoms with E-state index in [1.54, 1.807) is 22.9 Å². The van der Waals surface area contributed by atoms with Crippen LogP contribution in [0.1, 0.15) is 21.6 Å². The first kappa shape index (κ1) is 14.3. The molecule has 0 aliphatic heterocycles. The first-order chi connectivity index (χ1) is 11.1. The number of hydrogen-bond donors (Lipinski definition) is 1. The van der Waals surface area contributed by atoms with Gasteiger partial charge in [-0.15, -0.1) is 0 Å². The van der Waals surface area contributed by atoms with Crippen LogP contribution in [-0.2, 0) is 6.42 Å². The minimum absolute atomic E-state index is 0.0576. The predicted octanol–water partition coefficient (Wildman–Crippen LogP) is 4.45. The molecule has 1 aliphatic carbocycles. The standard InChI is InChI=1S/C17H10Cl2N2O2/c18-10-5-6-14(13(19)8-10)21-16-11-4-2-1-3-9(11)7-12(16)15(20-21)17(22)23/h1-6,8H,7H2,(H,22,23). The van der Waals surface area contributed by atoms with Gasteiger partial charge in [0.2, 0.25) is 0 Å². The molecule has 0 unspecified atom stereocenters. The Morgan fingerprint density at radius 2 is 1.96 bits per heavy atom. The van der Waals surface area contributed by atoms with Crippen LogP contribution in [0.25, 0.3) is 16.9 Å². The molecule has 2 aromatic carbocycles. The Labute approximate surface area is 141 Å². The van der Waals surface area contributed by atoms with Crippen LogP contribution in [0.3, 0.4) is 0 Å². The van der Waals surface area contributed by atoms with Crippen molar-refractivity contribution in [3.8, 4) is 16.9 Å². The SMILES string of the molecule is O=C(O)c1nn(-c2ccc(Cl)cc2Cl)c2c1Cc1ccccc1-2. The Hall–Kier alpha value is -2.30. The molecule has 6 heteroatoms. The van der Waals surface area contributed by atoms with Crippen LogP contribution in [-0.4, -0.2) is 20.9 Å². The van der Waals surface area contributed by atoms with E-state index in [-0.39, 0.29) is 5.69 Å². The van der Waals surface area contributed by atoms with Crippen molar-refractivity contribution in [1.29, 1.82) is 0 Å². The van der Waals surface area contributed by atoms with E-state index in [2.05, 4.69) is 5.10 Å². The fourth-order valence-electron chi connectivity index (χ4n) is 2.99. The van der Waals surface area contributed by atoms with E-state index in [4.69, 9.17) is 23.2 Å². The monoisotopic (exact) mass is 344 g/mol. The summed E-state index contributed by atoms with van der Waals surface area (Å²) in [6.45, 7) is 0. The number of rotatable bonds is 2. The topological polar surface area (TPSA) is 55.1 Å². The number of carboxylic acid groups (broad SMARTS) is 1. The van der Waals surface area contributed by atoms with Gasteiger partial charge in [-0.3, -0.25) is 0 Å². The second-order valence-electron chi connectivity index (χ2n) is 5.32. The summed E-state index contributed by atoms with van der Waals surface area (Å²) in [5.41, 5.74) is 4.22. The molecule has 1 N–H and O–H groups in total. The highest BCUT2D eigenvalue weighted by Crippen LogP contribution is 2.40. The van der Waals surface area contributed by atoms with Crippen molar-refractivity contribution in [2.75, 3.05) is 0 Å². The minimum atomic E-state index is -1.04. The number of carbonyl (C=O) groups is 1. The minimum Gasteiger partial charge on any atom is -0.476 e. The Morgan fingerprint density at radius 1 is 1.17 bits per heavy atom. The second kappa shape index (κ2) is 5.11. The molecule has 3 aromatic rings. The second-order valence-corrected chi connectivity index (χ2v) is 6.17. The number of hydrogen-bond acceptors (Lipinski definition) is 2. The van der Waals surface area contributed by atoms with E-state index in [0.717, 1.165) is 16.8 Å². The molecule has 0 saturated heterocycles. The molecule has 0 radical (unpaired) electrons. The molecule has 23 heavy (non-hydrogen) atoms. The van der Waals surface area contributed by atoms with E-state index in [1.807, 2.05) is 24.3 Å². The van der Waals surface area contributed by atoms with Gasteiger partial charge in [-0.05, 0) is 23.8 Å². The summed E-state index contributed by atoms with van der Waals surface area (Å²) in [4.78, 5) is 11.6. The quantitative estimate of drug-likeness (QED) is 0.584. The van der Waals surface area contributed by atoms with Crippen LogP contribution in [0.2, 0.25) is 10.0 Å².